The summed E-state index contributed by atoms with van der Waals surface area (Å²) in [5.74, 6) is -0.979. The van der Waals surface area contributed by atoms with Crippen LogP contribution in [0.4, 0.5) is 18.9 Å². The van der Waals surface area contributed by atoms with E-state index in [1.165, 1.54) is 0 Å². The molecule has 0 radical (unpaired) electrons. The summed E-state index contributed by atoms with van der Waals surface area (Å²) in [4.78, 5) is 22.2. The minimum absolute atomic E-state index is 0.352. The number of esters is 1. The maximum absolute atomic E-state index is 12.7. The van der Waals surface area contributed by atoms with Crippen molar-refractivity contribution in [2.24, 2.45) is 5.73 Å². The van der Waals surface area contributed by atoms with E-state index in [2.05, 4.69) is 0 Å². The molecule has 0 aliphatic carbocycles. The van der Waals surface area contributed by atoms with Gasteiger partial charge in [-0.15, -0.1) is 0 Å². The van der Waals surface area contributed by atoms with Gasteiger partial charge in [0.05, 0.1) is 16.1 Å². The number of nitro groups is 1. The first-order chi connectivity index (χ1) is 10.2. The van der Waals surface area contributed by atoms with E-state index >= 15 is 0 Å². The van der Waals surface area contributed by atoms with Crippen molar-refractivity contribution in [3.05, 3.63) is 39.4 Å². The van der Waals surface area contributed by atoms with Crippen LogP contribution < -0.4 is 5.73 Å². The van der Waals surface area contributed by atoms with Crippen molar-refractivity contribution in [2.45, 2.75) is 45.0 Å². The van der Waals surface area contributed by atoms with Gasteiger partial charge in [0.25, 0.3) is 5.69 Å². The SMILES string of the molecule is CC(C)(C)OC(=O)[C@@](C)(N)c1ccc(C(F)(F)F)cc1[N+](=O)[O-]. The molecule has 0 aliphatic rings. The molecule has 9 heteroatoms. The van der Waals surface area contributed by atoms with Crippen molar-refractivity contribution in [1.82, 2.24) is 0 Å². The Labute approximate surface area is 130 Å². The maximum Gasteiger partial charge on any atom is 0.416 e. The highest BCUT2D eigenvalue weighted by Gasteiger charge is 2.41. The lowest BCUT2D eigenvalue weighted by atomic mass is 9.90. The monoisotopic (exact) mass is 334 g/mol. The molecule has 0 fully saturated rings. The van der Waals surface area contributed by atoms with Crippen molar-refractivity contribution < 1.29 is 27.6 Å². The normalized spacial score (nSPS) is 15.0. The third kappa shape index (κ3) is 4.41. The average molecular weight is 334 g/mol. The molecule has 0 heterocycles. The Morgan fingerprint density at radius 2 is 1.74 bits per heavy atom. The summed E-state index contributed by atoms with van der Waals surface area (Å²) in [7, 11) is 0. The molecule has 1 atom stereocenters. The second-order valence-corrected chi connectivity index (χ2v) is 6.19. The summed E-state index contributed by atoms with van der Waals surface area (Å²) in [6, 6.07) is 1.81. The Morgan fingerprint density at radius 3 is 2.13 bits per heavy atom. The predicted octanol–water partition coefficient (Wildman–Crippen LogP) is 3.13. The average Bonchev–Trinajstić information content (AvgIpc) is 2.34. The number of benzene rings is 1. The zero-order valence-electron chi connectivity index (χ0n) is 13.0. The number of hydrogen-bond donors (Lipinski definition) is 1. The molecular formula is C14H17F3N2O4. The Bertz CT molecular complexity index is 634. The van der Waals surface area contributed by atoms with E-state index in [0.29, 0.717) is 12.1 Å². The van der Waals surface area contributed by atoms with Gasteiger partial charge in [-0.2, -0.15) is 13.2 Å². The van der Waals surface area contributed by atoms with Gasteiger partial charge in [0.15, 0.2) is 0 Å². The highest BCUT2D eigenvalue weighted by Crippen LogP contribution is 2.36. The van der Waals surface area contributed by atoms with Gasteiger partial charge in [-0.05, 0) is 39.8 Å². The van der Waals surface area contributed by atoms with Crippen molar-refractivity contribution in [2.75, 3.05) is 0 Å². The largest absolute Gasteiger partial charge is 0.458 e. The Balaban J connectivity index is 3.41. The van der Waals surface area contributed by atoms with Gasteiger partial charge in [-0.1, -0.05) is 0 Å². The van der Waals surface area contributed by atoms with Crippen molar-refractivity contribution >= 4 is 11.7 Å². The highest BCUT2D eigenvalue weighted by atomic mass is 19.4. The molecule has 0 aromatic heterocycles. The number of nitro benzene ring substituents is 1. The van der Waals surface area contributed by atoms with Crippen LogP contribution in [0.3, 0.4) is 0 Å². The fourth-order valence-corrected chi connectivity index (χ4v) is 1.79. The highest BCUT2D eigenvalue weighted by molar-refractivity contribution is 5.83. The van der Waals surface area contributed by atoms with Crippen LogP contribution in [-0.4, -0.2) is 16.5 Å². The van der Waals surface area contributed by atoms with E-state index in [0.717, 1.165) is 13.0 Å². The first-order valence-electron chi connectivity index (χ1n) is 6.54. The van der Waals surface area contributed by atoms with Crippen LogP contribution >= 0.6 is 0 Å². The quantitative estimate of drug-likeness (QED) is 0.520. The summed E-state index contributed by atoms with van der Waals surface area (Å²) >= 11 is 0. The fraction of sp³-hybridized carbons (Fsp3) is 0.500. The van der Waals surface area contributed by atoms with E-state index < -0.39 is 39.5 Å². The van der Waals surface area contributed by atoms with Gasteiger partial charge in [-0.25, -0.2) is 4.79 Å². The van der Waals surface area contributed by atoms with Gasteiger partial charge in [0.1, 0.15) is 11.1 Å². The lowest BCUT2D eigenvalue weighted by molar-refractivity contribution is -0.386. The van der Waals surface area contributed by atoms with Crippen LogP contribution in [0, 0.1) is 10.1 Å². The van der Waals surface area contributed by atoms with E-state index in [1.807, 2.05) is 0 Å². The zero-order valence-corrected chi connectivity index (χ0v) is 13.0. The van der Waals surface area contributed by atoms with Crippen molar-refractivity contribution in [3.63, 3.8) is 0 Å². The molecule has 0 saturated carbocycles. The summed E-state index contributed by atoms with van der Waals surface area (Å²) in [5.41, 5.74) is 0.499. The van der Waals surface area contributed by atoms with E-state index in [1.54, 1.807) is 20.8 Å². The number of carbonyl (C=O) groups is 1. The molecule has 23 heavy (non-hydrogen) atoms. The molecular weight excluding hydrogens is 317 g/mol. The summed E-state index contributed by atoms with van der Waals surface area (Å²) in [6.45, 7) is 5.86. The molecule has 0 aliphatic heterocycles. The second-order valence-electron chi connectivity index (χ2n) is 6.19. The van der Waals surface area contributed by atoms with E-state index in [9.17, 15) is 28.1 Å². The topological polar surface area (TPSA) is 95.5 Å². The number of carbonyl (C=O) groups excluding carboxylic acids is 1. The van der Waals surface area contributed by atoms with Crippen LogP contribution in [-0.2, 0) is 21.2 Å². The summed E-state index contributed by atoms with van der Waals surface area (Å²) in [6.07, 6.45) is -4.75. The molecule has 0 amide bonds. The molecule has 0 unspecified atom stereocenters. The number of ether oxygens (including phenoxy) is 1. The molecule has 128 valence electrons. The third-order valence-corrected chi connectivity index (χ3v) is 2.90. The molecule has 1 aromatic carbocycles. The molecule has 6 nitrogen and oxygen atoms in total. The van der Waals surface area contributed by atoms with Crippen molar-refractivity contribution in [1.29, 1.82) is 0 Å². The first-order valence-corrected chi connectivity index (χ1v) is 6.54. The van der Waals surface area contributed by atoms with E-state index in [4.69, 9.17) is 10.5 Å². The third-order valence-electron chi connectivity index (χ3n) is 2.90. The molecule has 0 saturated heterocycles. The van der Waals surface area contributed by atoms with Crippen LogP contribution in [0.15, 0.2) is 18.2 Å². The Kier molecular flexibility index (Phi) is 4.76. The number of hydrogen-bond acceptors (Lipinski definition) is 5. The number of nitrogens with two attached hydrogens (primary N) is 1. The lowest BCUT2D eigenvalue weighted by Crippen LogP contribution is -2.46. The number of alkyl halides is 3. The van der Waals surface area contributed by atoms with Gasteiger partial charge < -0.3 is 10.5 Å². The van der Waals surface area contributed by atoms with Crippen LogP contribution in [0.25, 0.3) is 0 Å². The second kappa shape index (κ2) is 5.80. The van der Waals surface area contributed by atoms with Gasteiger partial charge in [-0.3, -0.25) is 10.1 Å². The minimum Gasteiger partial charge on any atom is -0.458 e. The van der Waals surface area contributed by atoms with Crippen LogP contribution in [0.2, 0.25) is 0 Å². The minimum atomic E-state index is -4.75. The Hall–Kier alpha value is -2.16. The summed E-state index contributed by atoms with van der Waals surface area (Å²) < 4.78 is 43.2. The predicted molar refractivity (Wildman–Crippen MR) is 75.5 cm³/mol. The van der Waals surface area contributed by atoms with Gasteiger partial charge in [0.2, 0.25) is 0 Å². The molecule has 2 N–H and O–H groups in total. The Morgan fingerprint density at radius 1 is 1.22 bits per heavy atom. The van der Waals surface area contributed by atoms with Crippen molar-refractivity contribution in [3.8, 4) is 0 Å². The standard InChI is InChI=1S/C14H17F3N2O4/c1-12(2,3)23-11(20)13(4,18)9-6-5-8(14(15,16)17)7-10(9)19(21)22/h5-7H,18H2,1-4H3/t13-/m0/s1. The smallest absolute Gasteiger partial charge is 0.416 e. The van der Waals surface area contributed by atoms with Crippen LogP contribution in [0.1, 0.15) is 38.8 Å². The van der Waals surface area contributed by atoms with Gasteiger partial charge in [0, 0.05) is 6.07 Å². The fourth-order valence-electron chi connectivity index (χ4n) is 1.79. The maximum atomic E-state index is 12.7. The molecule has 0 spiro atoms. The first kappa shape index (κ1) is 18.9. The van der Waals surface area contributed by atoms with Gasteiger partial charge >= 0.3 is 12.1 Å². The van der Waals surface area contributed by atoms with Crippen LogP contribution in [0.5, 0.6) is 0 Å². The number of rotatable bonds is 3. The molecule has 0 bridgehead atoms. The van der Waals surface area contributed by atoms with E-state index in [-0.39, 0.29) is 5.56 Å². The number of nitrogens with zero attached hydrogens (tertiary/aromatic N) is 1. The molecule has 1 rings (SSSR count). The number of halogens is 3. The lowest BCUT2D eigenvalue weighted by Gasteiger charge is -2.28. The summed E-state index contributed by atoms with van der Waals surface area (Å²) in [5, 5.41) is 11.1. The zero-order chi connectivity index (χ0) is 18.2. The molecule has 1 aromatic rings.